The number of H-pyrrole nitrogens is 1. The number of aromatic nitrogens is 4. The maximum absolute atomic E-state index is 4.26. The average molecular weight is 188 g/mol. The molecule has 0 aliphatic carbocycles. The van der Waals surface area contributed by atoms with E-state index in [0.717, 1.165) is 30.1 Å². The van der Waals surface area contributed by atoms with Gasteiger partial charge in [-0.1, -0.05) is 6.92 Å². The molecule has 4 nitrogen and oxygen atoms in total. The van der Waals surface area contributed by atoms with Gasteiger partial charge in [0.2, 0.25) is 0 Å². The highest BCUT2D eigenvalue weighted by molar-refractivity contribution is 5.51. The van der Waals surface area contributed by atoms with Gasteiger partial charge in [-0.2, -0.15) is 0 Å². The third-order valence-corrected chi connectivity index (χ3v) is 1.95. The maximum atomic E-state index is 4.26. The first kappa shape index (κ1) is 8.87. The van der Waals surface area contributed by atoms with Crippen molar-refractivity contribution in [2.45, 2.75) is 19.8 Å². The Morgan fingerprint density at radius 1 is 1.21 bits per heavy atom. The van der Waals surface area contributed by atoms with Crippen molar-refractivity contribution in [1.29, 1.82) is 0 Å². The molecule has 0 aliphatic heterocycles. The van der Waals surface area contributed by atoms with E-state index in [9.17, 15) is 0 Å². The molecule has 0 aliphatic rings. The van der Waals surface area contributed by atoms with Crippen molar-refractivity contribution >= 4 is 0 Å². The smallest absolute Gasteiger partial charge is 0.106 e. The second-order valence-electron chi connectivity index (χ2n) is 3.08. The Labute approximate surface area is 82.5 Å². The van der Waals surface area contributed by atoms with Crippen LogP contribution >= 0.6 is 0 Å². The summed E-state index contributed by atoms with van der Waals surface area (Å²) in [5.41, 5.74) is 1.77. The van der Waals surface area contributed by atoms with Gasteiger partial charge in [-0.3, -0.25) is 9.97 Å². The molecule has 2 aromatic rings. The average Bonchev–Trinajstić information content (AvgIpc) is 2.68. The van der Waals surface area contributed by atoms with Crippen LogP contribution in [0.1, 0.15) is 19.2 Å². The summed E-state index contributed by atoms with van der Waals surface area (Å²) < 4.78 is 0. The number of hydrogen-bond acceptors (Lipinski definition) is 3. The molecule has 1 N–H and O–H groups in total. The van der Waals surface area contributed by atoms with Gasteiger partial charge >= 0.3 is 0 Å². The molecule has 0 amide bonds. The van der Waals surface area contributed by atoms with Crippen molar-refractivity contribution in [3.8, 4) is 11.4 Å². The molecule has 0 atom stereocenters. The number of nitrogens with one attached hydrogen (secondary N) is 1. The second kappa shape index (κ2) is 4.00. The molecular formula is C10H12N4. The highest BCUT2D eigenvalue weighted by atomic mass is 14.9. The zero-order chi connectivity index (χ0) is 9.80. The van der Waals surface area contributed by atoms with Crippen LogP contribution in [0.5, 0.6) is 0 Å². The van der Waals surface area contributed by atoms with Gasteiger partial charge in [0.05, 0.1) is 18.1 Å². The summed E-state index contributed by atoms with van der Waals surface area (Å²) in [4.78, 5) is 15.7. The molecular weight excluding hydrogens is 176 g/mol. The van der Waals surface area contributed by atoms with Gasteiger partial charge in [-0.25, -0.2) is 4.98 Å². The molecule has 0 aromatic carbocycles. The molecule has 2 heterocycles. The number of rotatable bonds is 3. The van der Waals surface area contributed by atoms with Gasteiger partial charge in [0, 0.05) is 18.8 Å². The van der Waals surface area contributed by atoms with Gasteiger partial charge in [0.15, 0.2) is 0 Å². The second-order valence-corrected chi connectivity index (χ2v) is 3.08. The Hall–Kier alpha value is -1.71. The van der Waals surface area contributed by atoms with Gasteiger partial charge in [0.25, 0.3) is 0 Å². The van der Waals surface area contributed by atoms with Crippen molar-refractivity contribution in [3.05, 3.63) is 30.6 Å². The van der Waals surface area contributed by atoms with E-state index in [0.29, 0.717) is 0 Å². The van der Waals surface area contributed by atoms with Gasteiger partial charge in [-0.05, 0) is 6.42 Å². The van der Waals surface area contributed by atoms with E-state index in [-0.39, 0.29) is 0 Å². The van der Waals surface area contributed by atoms with E-state index >= 15 is 0 Å². The minimum Gasteiger partial charge on any atom is -0.341 e. The first-order chi connectivity index (χ1) is 6.90. The Bertz CT molecular complexity index is 394. The Morgan fingerprint density at radius 2 is 2.14 bits per heavy atom. The fourth-order valence-corrected chi connectivity index (χ4v) is 1.29. The summed E-state index contributed by atoms with van der Waals surface area (Å²) in [6.07, 6.45) is 8.93. The fourth-order valence-electron chi connectivity index (χ4n) is 1.29. The van der Waals surface area contributed by atoms with Gasteiger partial charge in [-0.15, -0.1) is 0 Å². The third kappa shape index (κ3) is 1.79. The zero-order valence-electron chi connectivity index (χ0n) is 8.07. The minimum atomic E-state index is 0.836. The molecule has 0 saturated carbocycles. The number of aryl methyl sites for hydroxylation is 1. The van der Waals surface area contributed by atoms with Crippen LogP contribution < -0.4 is 0 Å². The number of imidazole rings is 1. The molecule has 4 heteroatoms. The van der Waals surface area contributed by atoms with Crippen molar-refractivity contribution in [3.63, 3.8) is 0 Å². The summed E-state index contributed by atoms with van der Waals surface area (Å²) in [6, 6.07) is 0. The predicted molar refractivity (Wildman–Crippen MR) is 53.6 cm³/mol. The van der Waals surface area contributed by atoms with Crippen LogP contribution in [0.2, 0.25) is 0 Å². The highest BCUT2D eigenvalue weighted by Crippen LogP contribution is 2.12. The number of nitrogens with zero attached hydrogens (tertiary/aromatic N) is 3. The summed E-state index contributed by atoms with van der Waals surface area (Å²) in [6.45, 7) is 2.13. The van der Waals surface area contributed by atoms with Crippen LogP contribution in [0, 0.1) is 0 Å². The lowest BCUT2D eigenvalue weighted by Gasteiger charge is -1.93. The standard InChI is InChI=1S/C10H12N4/c1-2-3-10-13-7-9(14-10)8-6-11-4-5-12-8/h4-7H,2-3H2,1H3,(H,13,14). The van der Waals surface area contributed by atoms with E-state index in [2.05, 4.69) is 26.9 Å². The predicted octanol–water partition coefficient (Wildman–Crippen LogP) is 1.82. The van der Waals surface area contributed by atoms with E-state index in [4.69, 9.17) is 0 Å². The Morgan fingerprint density at radius 3 is 2.86 bits per heavy atom. The molecule has 0 radical (unpaired) electrons. The van der Waals surface area contributed by atoms with Crippen molar-refractivity contribution in [2.24, 2.45) is 0 Å². The zero-order valence-corrected chi connectivity index (χ0v) is 8.07. The van der Waals surface area contributed by atoms with E-state index in [1.54, 1.807) is 24.8 Å². The molecule has 2 aromatic heterocycles. The molecule has 0 fully saturated rings. The topological polar surface area (TPSA) is 54.5 Å². The highest BCUT2D eigenvalue weighted by Gasteiger charge is 2.02. The van der Waals surface area contributed by atoms with Crippen molar-refractivity contribution in [1.82, 2.24) is 19.9 Å². The molecule has 0 saturated heterocycles. The Balaban J connectivity index is 2.25. The van der Waals surface area contributed by atoms with Crippen LogP contribution in [-0.4, -0.2) is 19.9 Å². The van der Waals surface area contributed by atoms with Crippen LogP contribution in [0.15, 0.2) is 24.8 Å². The van der Waals surface area contributed by atoms with Gasteiger partial charge in [0.1, 0.15) is 11.5 Å². The lowest BCUT2D eigenvalue weighted by atomic mass is 10.3. The van der Waals surface area contributed by atoms with E-state index < -0.39 is 0 Å². The number of aromatic amines is 1. The lowest BCUT2D eigenvalue weighted by molar-refractivity contribution is 0.857. The first-order valence-electron chi connectivity index (χ1n) is 4.70. The van der Waals surface area contributed by atoms with Crippen LogP contribution in [-0.2, 0) is 6.42 Å². The van der Waals surface area contributed by atoms with E-state index in [1.165, 1.54) is 0 Å². The van der Waals surface area contributed by atoms with Crippen LogP contribution in [0.3, 0.4) is 0 Å². The number of hydrogen-bond donors (Lipinski definition) is 1. The third-order valence-electron chi connectivity index (χ3n) is 1.95. The minimum absolute atomic E-state index is 0.836. The molecule has 0 bridgehead atoms. The van der Waals surface area contributed by atoms with Crippen LogP contribution in [0.4, 0.5) is 0 Å². The van der Waals surface area contributed by atoms with Crippen molar-refractivity contribution in [2.75, 3.05) is 0 Å². The summed E-state index contributed by atoms with van der Waals surface area (Å²) in [7, 11) is 0. The van der Waals surface area contributed by atoms with Crippen molar-refractivity contribution < 1.29 is 0 Å². The molecule has 14 heavy (non-hydrogen) atoms. The van der Waals surface area contributed by atoms with E-state index in [1.807, 2.05) is 0 Å². The lowest BCUT2D eigenvalue weighted by Crippen LogP contribution is -1.87. The first-order valence-corrected chi connectivity index (χ1v) is 4.70. The maximum Gasteiger partial charge on any atom is 0.106 e. The van der Waals surface area contributed by atoms with Crippen LogP contribution in [0.25, 0.3) is 11.4 Å². The largest absolute Gasteiger partial charge is 0.341 e. The monoisotopic (exact) mass is 188 g/mol. The SMILES string of the molecule is CCCc1ncc(-c2cnccn2)[nH]1. The normalized spacial score (nSPS) is 10.4. The molecule has 2 rings (SSSR count). The molecule has 0 spiro atoms. The summed E-state index contributed by atoms with van der Waals surface area (Å²) in [5.74, 6) is 1.01. The quantitative estimate of drug-likeness (QED) is 0.799. The summed E-state index contributed by atoms with van der Waals surface area (Å²) in [5, 5.41) is 0. The molecule has 72 valence electrons. The summed E-state index contributed by atoms with van der Waals surface area (Å²) >= 11 is 0. The van der Waals surface area contributed by atoms with Gasteiger partial charge < -0.3 is 4.98 Å². The molecule has 0 unspecified atom stereocenters. The fraction of sp³-hybridized carbons (Fsp3) is 0.300. The Kier molecular flexibility index (Phi) is 2.53.